The number of amides is 2. The molecule has 236 valence electrons. The van der Waals surface area contributed by atoms with Crippen molar-refractivity contribution in [2.45, 2.75) is 31.2 Å². The van der Waals surface area contributed by atoms with Crippen molar-refractivity contribution in [1.82, 2.24) is 10.2 Å². The molecule has 2 heterocycles. The number of aliphatic hydroxyl groups excluding tert-OH is 2. The van der Waals surface area contributed by atoms with Gasteiger partial charge < -0.3 is 43.5 Å². The Morgan fingerprint density at radius 1 is 1.16 bits per heavy atom. The summed E-state index contributed by atoms with van der Waals surface area (Å²) in [5.41, 5.74) is 1.63. The molecule has 2 aromatic heterocycles. The number of para-hydroxylation sites is 1. The lowest BCUT2D eigenvalue weighted by molar-refractivity contribution is -0.118. The molecule has 1 aliphatic carbocycles. The average molecular weight is 731 g/mol. The van der Waals surface area contributed by atoms with Gasteiger partial charge in [-0.3, -0.25) is 14.4 Å². The number of aliphatic hydroxyl groups is 2. The first kappa shape index (κ1) is 32.1. The number of nitrogens with one attached hydrogen (secondary N) is 1. The molecule has 0 saturated carbocycles. The molecule has 0 bridgehead atoms. The fourth-order valence-corrected chi connectivity index (χ4v) is 5.95. The third-order valence-corrected chi connectivity index (χ3v) is 8.19. The van der Waals surface area contributed by atoms with Crippen LogP contribution >= 0.6 is 22.6 Å². The quantitative estimate of drug-likeness (QED) is 0.145. The summed E-state index contributed by atoms with van der Waals surface area (Å²) >= 11 is 1.99. The fraction of sp³-hybridized carbons (Fsp3) is 0.281. The Balaban J connectivity index is 1.56. The van der Waals surface area contributed by atoms with Crippen LogP contribution in [0.5, 0.6) is 17.2 Å². The molecule has 0 unspecified atom stereocenters. The number of carbonyl (C=O) groups is 3. The van der Waals surface area contributed by atoms with E-state index in [4.69, 9.17) is 23.0 Å². The molecule has 13 heteroatoms. The number of rotatable bonds is 12. The normalized spacial score (nSPS) is 17.8. The highest BCUT2D eigenvalue weighted by molar-refractivity contribution is 14.1. The van der Waals surface area contributed by atoms with E-state index in [1.54, 1.807) is 36.4 Å². The van der Waals surface area contributed by atoms with Crippen LogP contribution in [0.2, 0.25) is 0 Å². The lowest BCUT2D eigenvalue weighted by Crippen LogP contribution is -2.54. The molecule has 2 amide bonds. The van der Waals surface area contributed by atoms with Gasteiger partial charge in [0.25, 0.3) is 5.91 Å². The van der Waals surface area contributed by atoms with Gasteiger partial charge in [0.15, 0.2) is 28.6 Å². The Bertz CT molecular complexity index is 1710. The molecule has 12 nitrogen and oxygen atoms in total. The molecule has 0 fully saturated rings. The number of furan rings is 2. The van der Waals surface area contributed by atoms with E-state index in [-0.39, 0.29) is 48.9 Å². The van der Waals surface area contributed by atoms with E-state index < -0.39 is 30.1 Å². The number of benzene rings is 2. The second kappa shape index (κ2) is 14.2. The van der Waals surface area contributed by atoms with Crippen LogP contribution in [-0.2, 0) is 11.3 Å². The van der Waals surface area contributed by atoms with Gasteiger partial charge in [0.1, 0.15) is 18.5 Å². The summed E-state index contributed by atoms with van der Waals surface area (Å²) in [6.07, 6.45) is 2.62. The van der Waals surface area contributed by atoms with E-state index >= 15 is 0 Å². The van der Waals surface area contributed by atoms with Crippen molar-refractivity contribution in [1.29, 1.82) is 0 Å². The third-order valence-electron chi connectivity index (χ3n) is 7.39. The second-order valence-electron chi connectivity index (χ2n) is 10.2. The number of fused-ring (bicyclic) bond motifs is 1. The van der Waals surface area contributed by atoms with Crippen LogP contribution in [0.15, 0.2) is 75.5 Å². The highest BCUT2D eigenvalue weighted by atomic mass is 127. The molecule has 5 rings (SSSR count). The summed E-state index contributed by atoms with van der Waals surface area (Å²) in [6.45, 7) is -0.255. The number of halogens is 1. The smallest absolute Gasteiger partial charge is 0.290 e. The first-order valence-corrected chi connectivity index (χ1v) is 15.0. The van der Waals surface area contributed by atoms with Crippen LogP contribution < -0.4 is 19.5 Å². The fourth-order valence-electron chi connectivity index (χ4n) is 5.20. The largest absolute Gasteiger partial charge is 0.493 e. The Labute approximate surface area is 271 Å². The van der Waals surface area contributed by atoms with Gasteiger partial charge in [-0.15, -0.1) is 0 Å². The Hall–Kier alpha value is -4.34. The van der Waals surface area contributed by atoms with Gasteiger partial charge in [0.2, 0.25) is 5.91 Å². The van der Waals surface area contributed by atoms with E-state index in [0.717, 1.165) is 0 Å². The van der Waals surface area contributed by atoms with Gasteiger partial charge >= 0.3 is 0 Å². The number of hydrogen-bond donors (Lipinski definition) is 3. The summed E-state index contributed by atoms with van der Waals surface area (Å²) in [7, 11) is 2.92. The number of hydrogen-bond acceptors (Lipinski definition) is 10. The minimum Gasteiger partial charge on any atom is -0.493 e. The minimum atomic E-state index is -1.33. The molecular weight excluding hydrogens is 699 g/mol. The van der Waals surface area contributed by atoms with Crippen molar-refractivity contribution < 1.29 is 47.6 Å². The van der Waals surface area contributed by atoms with Crippen molar-refractivity contribution in [2.24, 2.45) is 0 Å². The van der Waals surface area contributed by atoms with Gasteiger partial charge in [-0.05, 0) is 59.0 Å². The first-order valence-electron chi connectivity index (χ1n) is 13.9. The molecule has 2 aromatic carbocycles. The Morgan fingerprint density at radius 2 is 1.96 bits per heavy atom. The SMILES string of the molecule is COc1cc(C=O)cc(I)c1O[C@H]1C=C(C(=O)NCCO)C[C@@H](N(Cc2ccoc2)C(=O)c2cc3cccc(OC)c3o2)[C@@H]1O. The molecule has 3 N–H and O–H groups in total. The van der Waals surface area contributed by atoms with Crippen molar-refractivity contribution in [3.8, 4) is 17.2 Å². The summed E-state index contributed by atoms with van der Waals surface area (Å²) in [6, 6.07) is 10.7. The highest BCUT2D eigenvalue weighted by Gasteiger charge is 2.42. The lowest BCUT2D eigenvalue weighted by Gasteiger charge is -2.40. The average Bonchev–Trinajstić information content (AvgIpc) is 3.74. The van der Waals surface area contributed by atoms with Gasteiger partial charge in [-0.25, -0.2) is 0 Å². The highest BCUT2D eigenvalue weighted by Crippen LogP contribution is 2.38. The molecule has 0 aliphatic heterocycles. The number of nitrogens with zero attached hydrogens (tertiary/aromatic N) is 1. The van der Waals surface area contributed by atoms with Crippen LogP contribution in [0.3, 0.4) is 0 Å². The van der Waals surface area contributed by atoms with Crippen LogP contribution in [-0.4, -0.2) is 78.8 Å². The first-order chi connectivity index (χ1) is 21.8. The van der Waals surface area contributed by atoms with Crippen molar-refractivity contribution >= 4 is 51.7 Å². The number of carbonyl (C=O) groups excluding carboxylic acids is 3. The minimum absolute atomic E-state index is 0.00386. The summed E-state index contributed by atoms with van der Waals surface area (Å²) in [5.74, 6) is -0.0796. The summed E-state index contributed by atoms with van der Waals surface area (Å²) in [5, 5.41) is 24.4. The maximum atomic E-state index is 14.2. The van der Waals surface area contributed by atoms with E-state index in [0.29, 0.717) is 37.7 Å². The Morgan fingerprint density at radius 3 is 2.64 bits per heavy atom. The van der Waals surface area contributed by atoms with Gasteiger partial charge in [-0.1, -0.05) is 12.1 Å². The monoisotopic (exact) mass is 730 g/mol. The van der Waals surface area contributed by atoms with Gasteiger partial charge in [0, 0.05) is 41.6 Å². The molecule has 1 aliphatic rings. The molecule has 0 radical (unpaired) electrons. The number of aldehydes is 1. The van der Waals surface area contributed by atoms with E-state index in [1.165, 1.54) is 43.8 Å². The third kappa shape index (κ3) is 6.84. The maximum absolute atomic E-state index is 14.2. The van der Waals surface area contributed by atoms with E-state index in [9.17, 15) is 24.6 Å². The topological polar surface area (TPSA) is 161 Å². The number of methoxy groups -OCH3 is 2. The zero-order valence-corrected chi connectivity index (χ0v) is 26.6. The van der Waals surface area contributed by atoms with Crippen LogP contribution in [0, 0.1) is 3.57 Å². The molecule has 3 atom stereocenters. The predicted octanol–water partition coefficient (Wildman–Crippen LogP) is 3.72. The van der Waals surface area contributed by atoms with Crippen molar-refractivity contribution in [3.05, 3.63) is 87.1 Å². The summed E-state index contributed by atoms with van der Waals surface area (Å²) in [4.78, 5) is 40.3. The lowest BCUT2D eigenvalue weighted by atomic mass is 9.87. The molecular formula is C32H31IN2O10. The van der Waals surface area contributed by atoms with E-state index in [1.807, 2.05) is 22.6 Å². The molecule has 4 aromatic rings. The Kier molecular flexibility index (Phi) is 10.1. The maximum Gasteiger partial charge on any atom is 0.290 e. The van der Waals surface area contributed by atoms with Crippen molar-refractivity contribution in [3.63, 3.8) is 0 Å². The van der Waals surface area contributed by atoms with Gasteiger partial charge in [0.05, 0.1) is 43.0 Å². The standard InChI is InChI=1S/C32H31IN2O10/c1-41-24-5-3-4-20-13-27(45-29(20)24)32(40)35(15-18-6-9-43-17-18)23-12-21(31(39)34-7-8-36)14-25(28(23)38)44-30-22(33)10-19(16-37)11-26(30)42-2/h3-6,9-11,13-14,16-17,23,25,28,36,38H,7-8,12,15H2,1-2H3,(H,34,39)/t23-,25+,28+/m1/s1. The molecule has 0 saturated heterocycles. The van der Waals surface area contributed by atoms with Gasteiger partial charge in [-0.2, -0.15) is 0 Å². The molecule has 45 heavy (non-hydrogen) atoms. The predicted molar refractivity (Wildman–Crippen MR) is 169 cm³/mol. The summed E-state index contributed by atoms with van der Waals surface area (Å²) < 4.78 is 28.9. The zero-order chi connectivity index (χ0) is 32.1. The van der Waals surface area contributed by atoms with Crippen molar-refractivity contribution in [2.75, 3.05) is 27.4 Å². The van der Waals surface area contributed by atoms with Crippen LogP contribution in [0.4, 0.5) is 0 Å². The second-order valence-corrected chi connectivity index (χ2v) is 11.4. The zero-order valence-electron chi connectivity index (χ0n) is 24.4. The van der Waals surface area contributed by atoms with Crippen LogP contribution in [0.25, 0.3) is 11.0 Å². The van der Waals surface area contributed by atoms with Crippen LogP contribution in [0.1, 0.15) is 32.9 Å². The molecule has 0 spiro atoms. The van der Waals surface area contributed by atoms with E-state index in [2.05, 4.69) is 5.32 Å². The number of ether oxygens (including phenoxy) is 3.